The van der Waals surface area contributed by atoms with Gasteiger partial charge < -0.3 is 9.80 Å². The zero-order valence-corrected chi connectivity index (χ0v) is 22.4. The van der Waals surface area contributed by atoms with Crippen LogP contribution in [0.1, 0.15) is 57.1 Å². The topological polar surface area (TPSA) is 78.0 Å². The van der Waals surface area contributed by atoms with E-state index in [9.17, 15) is 18.0 Å². The number of hydrogen-bond acceptors (Lipinski definition) is 4. The smallest absolute Gasteiger partial charge is 0.253 e. The van der Waals surface area contributed by atoms with E-state index in [1.165, 1.54) is 4.31 Å². The molecule has 0 radical (unpaired) electrons. The molecule has 1 saturated heterocycles. The number of hydrogen-bond donors (Lipinski definition) is 0. The second kappa shape index (κ2) is 9.39. The number of sulfonamides is 1. The van der Waals surface area contributed by atoms with E-state index < -0.39 is 10.0 Å². The molecule has 8 heteroatoms. The first-order chi connectivity index (χ1) is 16.5. The van der Waals surface area contributed by atoms with Crippen LogP contribution in [0.4, 0.5) is 5.69 Å². The minimum Gasteiger partial charge on any atom is -0.336 e. The third kappa shape index (κ3) is 4.27. The summed E-state index contributed by atoms with van der Waals surface area (Å²) in [7, 11) is -3.67. The predicted molar refractivity (Wildman–Crippen MR) is 138 cm³/mol. The number of benzene rings is 2. The second-order valence-electron chi connectivity index (χ2n) is 9.64. The third-order valence-corrected chi connectivity index (χ3v) is 10.1. The minimum atomic E-state index is -3.67. The molecule has 0 atom stereocenters. The summed E-state index contributed by atoms with van der Waals surface area (Å²) < 4.78 is 28.8. The monoisotopic (exact) mass is 497 g/mol. The van der Waals surface area contributed by atoms with Gasteiger partial charge in [-0.15, -0.1) is 0 Å². The van der Waals surface area contributed by atoms with E-state index in [0.717, 1.165) is 45.5 Å². The van der Waals surface area contributed by atoms with Crippen molar-refractivity contribution in [3.8, 4) is 0 Å². The van der Waals surface area contributed by atoms with E-state index in [1.807, 2.05) is 53.7 Å². The van der Waals surface area contributed by atoms with Crippen molar-refractivity contribution in [1.82, 2.24) is 9.21 Å². The summed E-state index contributed by atoms with van der Waals surface area (Å²) in [5.74, 6) is -0.0101. The van der Waals surface area contributed by atoms with Gasteiger partial charge in [-0.3, -0.25) is 9.59 Å². The number of amides is 2. The van der Waals surface area contributed by atoms with Crippen LogP contribution < -0.4 is 4.90 Å². The van der Waals surface area contributed by atoms with Crippen molar-refractivity contribution in [1.29, 1.82) is 0 Å². The Morgan fingerprint density at radius 3 is 1.97 bits per heavy atom. The van der Waals surface area contributed by atoms with E-state index in [-0.39, 0.29) is 24.9 Å². The number of carbonyl (C=O) groups excluding carboxylic acids is 2. The lowest BCUT2D eigenvalue weighted by Gasteiger charge is -2.35. The Hall–Kier alpha value is -2.71. The Morgan fingerprint density at radius 2 is 1.40 bits per heavy atom. The van der Waals surface area contributed by atoms with Crippen molar-refractivity contribution in [3.63, 3.8) is 0 Å². The van der Waals surface area contributed by atoms with Gasteiger partial charge in [-0.25, -0.2) is 8.42 Å². The van der Waals surface area contributed by atoms with Gasteiger partial charge in [-0.2, -0.15) is 4.31 Å². The van der Waals surface area contributed by atoms with Gasteiger partial charge >= 0.3 is 0 Å². The molecular weight excluding hydrogens is 462 g/mol. The molecule has 2 aromatic carbocycles. The van der Waals surface area contributed by atoms with Crippen molar-refractivity contribution in [2.75, 3.05) is 37.6 Å². The lowest BCUT2D eigenvalue weighted by atomic mass is 9.95. The number of fused-ring (bicyclic) bond motifs is 1. The number of nitrogens with zero attached hydrogens (tertiary/aromatic N) is 3. The summed E-state index contributed by atoms with van der Waals surface area (Å²) in [5, 5.41) is 0. The molecule has 1 fully saturated rings. The van der Waals surface area contributed by atoms with Crippen molar-refractivity contribution in [2.24, 2.45) is 0 Å². The SMILES string of the molecule is CCC(=O)N1CCc2cc(C(=O)N3CCN(S(=O)(=O)c4c(C)c(C)c(C)c(C)c4C)CC3)ccc21. The van der Waals surface area contributed by atoms with E-state index in [2.05, 4.69) is 0 Å². The first-order valence-corrected chi connectivity index (χ1v) is 13.7. The van der Waals surface area contributed by atoms with Crippen molar-refractivity contribution in [3.05, 3.63) is 57.1 Å². The molecule has 2 aliphatic heterocycles. The molecule has 35 heavy (non-hydrogen) atoms. The maximum atomic E-state index is 13.6. The number of rotatable bonds is 4. The molecule has 0 aromatic heterocycles. The largest absolute Gasteiger partial charge is 0.336 e. The van der Waals surface area contributed by atoms with Crippen LogP contribution >= 0.6 is 0 Å². The highest BCUT2D eigenvalue weighted by Crippen LogP contribution is 2.33. The van der Waals surface area contributed by atoms with Gasteiger partial charge in [0.05, 0.1) is 4.90 Å². The van der Waals surface area contributed by atoms with Gasteiger partial charge in [0.15, 0.2) is 0 Å². The highest BCUT2D eigenvalue weighted by Gasteiger charge is 2.34. The van der Waals surface area contributed by atoms with Gasteiger partial charge in [0.2, 0.25) is 15.9 Å². The summed E-state index contributed by atoms with van der Waals surface area (Å²) in [6.07, 6.45) is 1.19. The first kappa shape index (κ1) is 25.4. The first-order valence-electron chi connectivity index (χ1n) is 12.3. The molecule has 0 bridgehead atoms. The molecule has 0 spiro atoms. The molecule has 4 rings (SSSR count). The minimum absolute atomic E-state index is 0.0876. The molecular formula is C27H35N3O4S. The molecule has 2 aromatic rings. The molecule has 7 nitrogen and oxygen atoms in total. The van der Waals surface area contributed by atoms with Gasteiger partial charge in [0.1, 0.15) is 0 Å². The molecule has 2 heterocycles. The lowest BCUT2D eigenvalue weighted by molar-refractivity contribution is -0.118. The zero-order chi connectivity index (χ0) is 25.7. The van der Waals surface area contributed by atoms with E-state index in [4.69, 9.17) is 0 Å². The molecule has 188 valence electrons. The summed E-state index contributed by atoms with van der Waals surface area (Å²) in [6.45, 7) is 13.5. The fraction of sp³-hybridized carbons (Fsp3) is 0.481. The van der Waals surface area contributed by atoms with Crippen molar-refractivity contribution < 1.29 is 18.0 Å². The predicted octanol–water partition coefficient (Wildman–Crippen LogP) is 3.67. The molecule has 2 aliphatic rings. The highest BCUT2D eigenvalue weighted by atomic mass is 32.2. The van der Waals surface area contributed by atoms with E-state index in [0.29, 0.717) is 36.5 Å². The maximum absolute atomic E-state index is 13.6. The Morgan fingerprint density at radius 1 is 0.829 bits per heavy atom. The van der Waals surface area contributed by atoms with E-state index >= 15 is 0 Å². The molecule has 0 aliphatic carbocycles. The van der Waals surface area contributed by atoms with Crippen LogP contribution in [0.25, 0.3) is 0 Å². The Bertz CT molecular complexity index is 1280. The fourth-order valence-electron chi connectivity index (χ4n) is 5.28. The summed E-state index contributed by atoms with van der Waals surface area (Å²) in [6, 6.07) is 5.52. The van der Waals surface area contributed by atoms with Crippen molar-refractivity contribution in [2.45, 2.75) is 59.3 Å². The van der Waals surface area contributed by atoms with Crippen LogP contribution in [0, 0.1) is 34.6 Å². The maximum Gasteiger partial charge on any atom is 0.253 e. The van der Waals surface area contributed by atoms with Crippen LogP contribution in [0.2, 0.25) is 0 Å². The van der Waals surface area contributed by atoms with Gasteiger partial charge in [-0.05, 0) is 92.6 Å². The van der Waals surface area contributed by atoms with Gasteiger partial charge in [0.25, 0.3) is 5.91 Å². The number of anilines is 1. The molecule has 0 N–H and O–H groups in total. The van der Waals surface area contributed by atoms with Gasteiger partial charge in [-0.1, -0.05) is 6.92 Å². The van der Waals surface area contributed by atoms with Crippen LogP contribution in [-0.2, 0) is 21.2 Å². The van der Waals surface area contributed by atoms with Crippen LogP contribution in [-0.4, -0.2) is 62.2 Å². The lowest BCUT2D eigenvalue weighted by Crippen LogP contribution is -2.50. The fourth-order valence-corrected chi connectivity index (χ4v) is 7.26. The quantitative estimate of drug-likeness (QED) is 0.646. The third-order valence-electron chi connectivity index (χ3n) is 7.88. The summed E-state index contributed by atoms with van der Waals surface area (Å²) in [4.78, 5) is 29.3. The Kier molecular flexibility index (Phi) is 6.81. The summed E-state index contributed by atoms with van der Waals surface area (Å²) >= 11 is 0. The van der Waals surface area contributed by atoms with Crippen LogP contribution in [0.5, 0.6) is 0 Å². The zero-order valence-electron chi connectivity index (χ0n) is 21.6. The molecule has 0 unspecified atom stereocenters. The molecule has 2 amide bonds. The highest BCUT2D eigenvalue weighted by molar-refractivity contribution is 7.89. The van der Waals surface area contributed by atoms with Crippen LogP contribution in [0.3, 0.4) is 0 Å². The number of carbonyl (C=O) groups is 2. The Labute approximate surface area is 208 Å². The second-order valence-corrected chi connectivity index (χ2v) is 11.5. The average Bonchev–Trinajstić information content (AvgIpc) is 3.28. The average molecular weight is 498 g/mol. The van der Waals surface area contributed by atoms with Crippen molar-refractivity contribution >= 4 is 27.5 Å². The van der Waals surface area contributed by atoms with Crippen LogP contribution in [0.15, 0.2) is 23.1 Å². The summed E-state index contributed by atoms with van der Waals surface area (Å²) in [5.41, 5.74) is 7.24. The molecule has 0 saturated carbocycles. The van der Waals surface area contributed by atoms with Gasteiger partial charge in [0, 0.05) is 50.4 Å². The van der Waals surface area contributed by atoms with E-state index in [1.54, 1.807) is 15.9 Å². The Balaban J connectivity index is 1.50. The number of piperazine rings is 1. The normalized spacial score (nSPS) is 16.5. The standard InChI is InChI=1S/C27H35N3O4S/c1-7-25(31)30-11-10-22-16-23(8-9-24(22)30)27(32)28-12-14-29(15-13-28)35(33,34)26-20(5)18(3)17(2)19(4)21(26)6/h8-9,16H,7,10-15H2,1-6H3.